The van der Waals surface area contributed by atoms with Crippen molar-refractivity contribution in [2.75, 3.05) is 0 Å². The summed E-state index contributed by atoms with van der Waals surface area (Å²) in [5.41, 5.74) is 0.649. The molecule has 0 aliphatic heterocycles. The van der Waals surface area contributed by atoms with E-state index in [1.165, 1.54) is 0 Å². The van der Waals surface area contributed by atoms with Gasteiger partial charge in [0.1, 0.15) is 5.75 Å². The Bertz CT molecular complexity index is 373. The van der Waals surface area contributed by atoms with Gasteiger partial charge in [0.15, 0.2) is 0 Å². The molecule has 0 bridgehead atoms. The second-order valence-corrected chi connectivity index (χ2v) is 4.26. The monoisotopic (exact) mass is 240 g/mol. The standard InChI is InChI=1S/C13H17FO3/c1-8(2)17-11-6-4-10(5-7-11)9(3)12(14)13(15)16/h4-9,12H,1-3H3,(H,15,16). The average Bonchev–Trinajstić information content (AvgIpc) is 2.27. The van der Waals surface area contributed by atoms with Gasteiger partial charge in [-0.25, -0.2) is 9.18 Å². The van der Waals surface area contributed by atoms with Crippen LogP contribution in [0.4, 0.5) is 4.39 Å². The zero-order chi connectivity index (χ0) is 13.0. The van der Waals surface area contributed by atoms with Crippen molar-refractivity contribution in [1.29, 1.82) is 0 Å². The molecule has 17 heavy (non-hydrogen) atoms. The number of benzene rings is 1. The fraction of sp³-hybridized carbons (Fsp3) is 0.462. The lowest BCUT2D eigenvalue weighted by molar-refractivity contribution is -0.143. The molecule has 1 aromatic rings. The number of aliphatic carboxylic acids is 1. The summed E-state index contributed by atoms with van der Waals surface area (Å²) >= 11 is 0. The summed E-state index contributed by atoms with van der Waals surface area (Å²) in [6.45, 7) is 5.38. The minimum absolute atomic E-state index is 0.0752. The van der Waals surface area contributed by atoms with Gasteiger partial charge in [0, 0.05) is 5.92 Å². The summed E-state index contributed by atoms with van der Waals surface area (Å²) in [6, 6.07) is 6.83. The smallest absolute Gasteiger partial charge is 0.338 e. The molecule has 1 aromatic carbocycles. The largest absolute Gasteiger partial charge is 0.491 e. The quantitative estimate of drug-likeness (QED) is 0.860. The van der Waals surface area contributed by atoms with Crippen molar-refractivity contribution in [3.05, 3.63) is 29.8 Å². The van der Waals surface area contributed by atoms with E-state index < -0.39 is 18.1 Å². The Balaban J connectivity index is 2.76. The van der Waals surface area contributed by atoms with E-state index in [4.69, 9.17) is 9.84 Å². The molecule has 0 radical (unpaired) electrons. The Morgan fingerprint density at radius 1 is 1.24 bits per heavy atom. The number of carboxylic acid groups (broad SMARTS) is 1. The molecule has 3 nitrogen and oxygen atoms in total. The van der Waals surface area contributed by atoms with Crippen LogP contribution < -0.4 is 4.74 Å². The van der Waals surface area contributed by atoms with Crippen molar-refractivity contribution in [3.63, 3.8) is 0 Å². The van der Waals surface area contributed by atoms with Crippen LogP contribution in [0.25, 0.3) is 0 Å². The summed E-state index contributed by atoms with van der Waals surface area (Å²) < 4.78 is 18.7. The molecular weight excluding hydrogens is 223 g/mol. The van der Waals surface area contributed by atoms with Gasteiger partial charge in [-0.1, -0.05) is 19.1 Å². The third-order valence-corrected chi connectivity index (χ3v) is 2.45. The number of hydrogen-bond donors (Lipinski definition) is 1. The van der Waals surface area contributed by atoms with Gasteiger partial charge in [-0.05, 0) is 31.5 Å². The van der Waals surface area contributed by atoms with Gasteiger partial charge in [-0.15, -0.1) is 0 Å². The van der Waals surface area contributed by atoms with E-state index in [2.05, 4.69) is 0 Å². The molecule has 2 atom stereocenters. The highest BCUT2D eigenvalue weighted by atomic mass is 19.1. The summed E-state index contributed by atoms with van der Waals surface area (Å²) in [6.07, 6.45) is -1.81. The minimum atomic E-state index is -1.88. The summed E-state index contributed by atoms with van der Waals surface area (Å²) in [5, 5.41) is 8.59. The van der Waals surface area contributed by atoms with E-state index in [0.717, 1.165) is 0 Å². The summed E-state index contributed by atoms with van der Waals surface area (Å²) in [5.74, 6) is -1.40. The average molecular weight is 240 g/mol. The number of rotatable bonds is 5. The molecule has 0 spiro atoms. The number of ether oxygens (including phenoxy) is 1. The van der Waals surface area contributed by atoms with Crippen LogP contribution in [0.2, 0.25) is 0 Å². The molecule has 4 heteroatoms. The zero-order valence-corrected chi connectivity index (χ0v) is 10.2. The third-order valence-electron chi connectivity index (χ3n) is 2.45. The molecule has 1 N–H and O–H groups in total. The number of hydrogen-bond acceptors (Lipinski definition) is 2. The Labute approximate surface area is 100 Å². The second kappa shape index (κ2) is 5.66. The molecule has 0 fully saturated rings. The highest BCUT2D eigenvalue weighted by molar-refractivity contribution is 5.73. The minimum Gasteiger partial charge on any atom is -0.491 e. The molecule has 1 rings (SSSR count). The van der Waals surface area contributed by atoms with Crippen LogP contribution in [0.3, 0.4) is 0 Å². The molecule has 0 aliphatic rings. The lowest BCUT2D eigenvalue weighted by atomic mass is 9.96. The fourth-order valence-corrected chi connectivity index (χ4v) is 1.50. The highest BCUT2D eigenvalue weighted by Crippen LogP contribution is 2.24. The zero-order valence-electron chi connectivity index (χ0n) is 10.2. The van der Waals surface area contributed by atoms with Crippen LogP contribution in [-0.4, -0.2) is 23.4 Å². The number of alkyl halides is 1. The van der Waals surface area contributed by atoms with Crippen molar-refractivity contribution in [2.24, 2.45) is 0 Å². The van der Waals surface area contributed by atoms with E-state index in [1.54, 1.807) is 31.2 Å². The first-order valence-electron chi connectivity index (χ1n) is 5.55. The van der Waals surface area contributed by atoms with Gasteiger partial charge < -0.3 is 9.84 Å². The maximum Gasteiger partial charge on any atom is 0.338 e. The lowest BCUT2D eigenvalue weighted by Gasteiger charge is -2.15. The van der Waals surface area contributed by atoms with E-state index >= 15 is 0 Å². The van der Waals surface area contributed by atoms with Gasteiger partial charge in [-0.3, -0.25) is 0 Å². The van der Waals surface area contributed by atoms with Crippen LogP contribution >= 0.6 is 0 Å². The summed E-state index contributed by atoms with van der Waals surface area (Å²) in [4.78, 5) is 10.5. The third kappa shape index (κ3) is 3.73. The fourth-order valence-electron chi connectivity index (χ4n) is 1.50. The second-order valence-electron chi connectivity index (χ2n) is 4.26. The number of carboxylic acids is 1. The van der Waals surface area contributed by atoms with E-state index in [1.807, 2.05) is 13.8 Å². The molecule has 0 heterocycles. The molecule has 0 amide bonds. The molecule has 0 saturated heterocycles. The van der Waals surface area contributed by atoms with Crippen LogP contribution in [0.15, 0.2) is 24.3 Å². The Hall–Kier alpha value is -1.58. The van der Waals surface area contributed by atoms with Crippen molar-refractivity contribution >= 4 is 5.97 Å². The normalized spacial score (nSPS) is 14.4. The van der Waals surface area contributed by atoms with Crippen molar-refractivity contribution in [1.82, 2.24) is 0 Å². The van der Waals surface area contributed by atoms with Crippen LogP contribution in [-0.2, 0) is 4.79 Å². The molecule has 0 saturated carbocycles. The van der Waals surface area contributed by atoms with E-state index in [-0.39, 0.29) is 6.10 Å². The first kappa shape index (κ1) is 13.5. The number of halogens is 1. The first-order chi connectivity index (χ1) is 7.91. The molecule has 2 unspecified atom stereocenters. The maximum absolute atomic E-state index is 13.3. The van der Waals surface area contributed by atoms with Gasteiger partial charge in [0.2, 0.25) is 6.17 Å². The Kier molecular flexibility index (Phi) is 4.49. The van der Waals surface area contributed by atoms with Crippen LogP contribution in [0.5, 0.6) is 5.75 Å². The molecular formula is C13H17FO3. The van der Waals surface area contributed by atoms with Crippen molar-refractivity contribution in [2.45, 2.75) is 39.0 Å². The van der Waals surface area contributed by atoms with Gasteiger partial charge >= 0.3 is 5.97 Å². The van der Waals surface area contributed by atoms with Crippen molar-refractivity contribution < 1.29 is 19.0 Å². The molecule has 0 aromatic heterocycles. The SMILES string of the molecule is CC(C)Oc1ccc(C(C)C(F)C(=O)O)cc1. The van der Waals surface area contributed by atoms with E-state index in [9.17, 15) is 9.18 Å². The van der Waals surface area contributed by atoms with Gasteiger partial charge in [0.05, 0.1) is 6.10 Å². The van der Waals surface area contributed by atoms with Gasteiger partial charge in [0.25, 0.3) is 0 Å². The Morgan fingerprint density at radius 3 is 2.18 bits per heavy atom. The molecule has 0 aliphatic carbocycles. The first-order valence-corrected chi connectivity index (χ1v) is 5.55. The summed E-state index contributed by atoms with van der Waals surface area (Å²) in [7, 11) is 0. The predicted molar refractivity (Wildman–Crippen MR) is 63.2 cm³/mol. The van der Waals surface area contributed by atoms with Crippen LogP contribution in [0.1, 0.15) is 32.3 Å². The van der Waals surface area contributed by atoms with E-state index in [0.29, 0.717) is 11.3 Å². The van der Waals surface area contributed by atoms with Crippen LogP contribution in [0, 0.1) is 0 Å². The predicted octanol–water partition coefficient (Wildman–Crippen LogP) is 3.00. The Morgan fingerprint density at radius 2 is 1.76 bits per heavy atom. The highest BCUT2D eigenvalue weighted by Gasteiger charge is 2.25. The maximum atomic E-state index is 13.3. The lowest BCUT2D eigenvalue weighted by Crippen LogP contribution is -2.21. The van der Waals surface area contributed by atoms with Crippen molar-refractivity contribution in [3.8, 4) is 5.75 Å². The van der Waals surface area contributed by atoms with Gasteiger partial charge in [-0.2, -0.15) is 0 Å². The topological polar surface area (TPSA) is 46.5 Å². The number of carbonyl (C=O) groups is 1. The molecule has 94 valence electrons.